The van der Waals surface area contributed by atoms with E-state index in [1.54, 1.807) is 12.0 Å². The second kappa shape index (κ2) is 6.58. The molecule has 1 aliphatic carbocycles. The Morgan fingerprint density at radius 1 is 1.53 bits per heavy atom. The Morgan fingerprint density at radius 2 is 2.24 bits per heavy atom. The van der Waals surface area contributed by atoms with E-state index < -0.39 is 0 Å². The standard InChI is InChI=1S/C12H21N3O2/c1-17-9-8-15(7-3-6-13)11(16)10-12(14)4-2-5-12/h2-5,7-10,14H2,1H3. The molecule has 0 saturated heterocycles. The summed E-state index contributed by atoms with van der Waals surface area (Å²) in [5.74, 6) is 0.0412. The minimum Gasteiger partial charge on any atom is -0.383 e. The molecule has 0 spiro atoms. The van der Waals surface area contributed by atoms with Gasteiger partial charge in [0.25, 0.3) is 0 Å². The van der Waals surface area contributed by atoms with Crippen LogP contribution < -0.4 is 5.73 Å². The monoisotopic (exact) mass is 239 g/mol. The van der Waals surface area contributed by atoms with E-state index in [1.165, 1.54) is 0 Å². The summed E-state index contributed by atoms with van der Waals surface area (Å²) in [5.41, 5.74) is 5.76. The normalized spacial score (nSPS) is 17.0. The van der Waals surface area contributed by atoms with Gasteiger partial charge in [-0.25, -0.2) is 0 Å². The van der Waals surface area contributed by atoms with Crippen LogP contribution in [-0.4, -0.2) is 43.2 Å². The quantitative estimate of drug-likeness (QED) is 0.707. The van der Waals surface area contributed by atoms with Crippen molar-refractivity contribution in [3.05, 3.63) is 0 Å². The molecular formula is C12H21N3O2. The Labute approximate surface area is 103 Å². The Morgan fingerprint density at radius 3 is 2.71 bits per heavy atom. The Hall–Kier alpha value is -1.12. The van der Waals surface area contributed by atoms with Crippen molar-refractivity contribution < 1.29 is 9.53 Å². The van der Waals surface area contributed by atoms with E-state index in [-0.39, 0.29) is 11.4 Å². The molecule has 1 rings (SSSR count). The van der Waals surface area contributed by atoms with Gasteiger partial charge in [0, 0.05) is 32.2 Å². The van der Waals surface area contributed by atoms with Gasteiger partial charge in [0.2, 0.25) is 5.91 Å². The molecule has 1 saturated carbocycles. The molecule has 17 heavy (non-hydrogen) atoms. The molecular weight excluding hydrogens is 218 g/mol. The smallest absolute Gasteiger partial charge is 0.224 e. The number of carbonyl (C=O) groups is 1. The van der Waals surface area contributed by atoms with Crippen molar-refractivity contribution in [3.8, 4) is 6.07 Å². The summed E-state index contributed by atoms with van der Waals surface area (Å²) in [4.78, 5) is 13.7. The number of nitriles is 1. The van der Waals surface area contributed by atoms with E-state index in [0.29, 0.717) is 32.5 Å². The van der Waals surface area contributed by atoms with Crippen LogP contribution in [0.2, 0.25) is 0 Å². The van der Waals surface area contributed by atoms with Crippen LogP contribution in [0.15, 0.2) is 0 Å². The van der Waals surface area contributed by atoms with Crippen LogP contribution in [-0.2, 0) is 9.53 Å². The van der Waals surface area contributed by atoms with Crippen LogP contribution in [0.25, 0.3) is 0 Å². The zero-order valence-electron chi connectivity index (χ0n) is 10.4. The molecule has 1 fully saturated rings. The van der Waals surface area contributed by atoms with Crippen molar-refractivity contribution in [2.75, 3.05) is 26.8 Å². The number of carbonyl (C=O) groups excluding carboxylic acids is 1. The zero-order chi connectivity index (χ0) is 12.7. The number of hydrogen-bond acceptors (Lipinski definition) is 4. The van der Waals surface area contributed by atoms with E-state index >= 15 is 0 Å². The topological polar surface area (TPSA) is 79.3 Å². The largest absolute Gasteiger partial charge is 0.383 e. The Balaban J connectivity index is 2.43. The third-order valence-corrected chi connectivity index (χ3v) is 3.26. The Bertz CT molecular complexity index is 295. The molecule has 2 N–H and O–H groups in total. The lowest BCUT2D eigenvalue weighted by molar-refractivity contribution is -0.133. The lowest BCUT2D eigenvalue weighted by Gasteiger charge is -2.38. The number of nitrogens with two attached hydrogens (primary N) is 1. The summed E-state index contributed by atoms with van der Waals surface area (Å²) in [6.07, 6.45) is 3.71. The lowest BCUT2D eigenvalue weighted by atomic mass is 9.75. The molecule has 0 bridgehead atoms. The molecule has 0 heterocycles. The molecule has 0 aliphatic heterocycles. The first-order chi connectivity index (χ1) is 8.11. The lowest BCUT2D eigenvalue weighted by Crippen LogP contribution is -2.51. The maximum absolute atomic E-state index is 12.0. The molecule has 5 heteroatoms. The number of rotatable bonds is 7. The third-order valence-electron chi connectivity index (χ3n) is 3.26. The van der Waals surface area contributed by atoms with E-state index in [9.17, 15) is 4.79 Å². The number of amides is 1. The highest BCUT2D eigenvalue weighted by Crippen LogP contribution is 2.32. The minimum atomic E-state index is -0.297. The van der Waals surface area contributed by atoms with Gasteiger partial charge in [-0.3, -0.25) is 4.79 Å². The molecule has 0 unspecified atom stereocenters. The van der Waals surface area contributed by atoms with E-state index in [2.05, 4.69) is 6.07 Å². The van der Waals surface area contributed by atoms with Crippen molar-refractivity contribution in [2.24, 2.45) is 5.73 Å². The van der Waals surface area contributed by atoms with Gasteiger partial charge in [-0.05, 0) is 19.3 Å². The molecule has 0 radical (unpaired) electrons. The van der Waals surface area contributed by atoms with Gasteiger partial charge in [-0.15, -0.1) is 0 Å². The van der Waals surface area contributed by atoms with Crippen LogP contribution >= 0.6 is 0 Å². The maximum Gasteiger partial charge on any atom is 0.224 e. The number of nitrogens with zero attached hydrogens (tertiary/aromatic N) is 2. The summed E-state index contributed by atoms with van der Waals surface area (Å²) >= 11 is 0. The van der Waals surface area contributed by atoms with Gasteiger partial charge >= 0.3 is 0 Å². The molecule has 0 atom stereocenters. The van der Waals surface area contributed by atoms with Gasteiger partial charge in [-0.2, -0.15) is 5.26 Å². The molecule has 0 aromatic carbocycles. The fourth-order valence-electron chi connectivity index (χ4n) is 1.97. The third kappa shape index (κ3) is 4.33. The van der Waals surface area contributed by atoms with Crippen molar-refractivity contribution in [1.82, 2.24) is 4.90 Å². The molecule has 0 aromatic rings. The SMILES string of the molecule is COCCN(CCC#N)C(=O)CC1(N)CCC1. The first kappa shape index (κ1) is 13.9. The van der Waals surface area contributed by atoms with E-state index in [0.717, 1.165) is 19.3 Å². The highest BCUT2D eigenvalue weighted by molar-refractivity contribution is 5.77. The number of hydrogen-bond donors (Lipinski definition) is 1. The average Bonchev–Trinajstić information content (AvgIpc) is 2.27. The summed E-state index contributed by atoms with van der Waals surface area (Å²) in [6, 6.07) is 2.05. The second-order valence-electron chi connectivity index (χ2n) is 4.67. The first-order valence-corrected chi connectivity index (χ1v) is 6.04. The van der Waals surface area contributed by atoms with Crippen LogP contribution in [0.1, 0.15) is 32.1 Å². The zero-order valence-corrected chi connectivity index (χ0v) is 10.4. The van der Waals surface area contributed by atoms with Gasteiger partial charge in [0.1, 0.15) is 0 Å². The Kier molecular flexibility index (Phi) is 5.39. The van der Waals surface area contributed by atoms with Gasteiger partial charge in [0.15, 0.2) is 0 Å². The van der Waals surface area contributed by atoms with Crippen LogP contribution in [0.3, 0.4) is 0 Å². The van der Waals surface area contributed by atoms with Crippen molar-refractivity contribution >= 4 is 5.91 Å². The second-order valence-corrected chi connectivity index (χ2v) is 4.67. The van der Waals surface area contributed by atoms with Gasteiger partial charge < -0.3 is 15.4 Å². The number of ether oxygens (including phenoxy) is 1. The van der Waals surface area contributed by atoms with Crippen LogP contribution in [0.4, 0.5) is 0 Å². The molecule has 5 nitrogen and oxygen atoms in total. The fourth-order valence-corrected chi connectivity index (χ4v) is 1.97. The molecule has 0 aromatic heterocycles. The predicted molar refractivity (Wildman–Crippen MR) is 64.1 cm³/mol. The summed E-state index contributed by atoms with van der Waals surface area (Å²) in [6.45, 7) is 1.50. The summed E-state index contributed by atoms with van der Waals surface area (Å²) in [5, 5.41) is 8.57. The summed E-state index contributed by atoms with van der Waals surface area (Å²) < 4.78 is 4.96. The van der Waals surface area contributed by atoms with Crippen molar-refractivity contribution in [2.45, 2.75) is 37.6 Å². The first-order valence-electron chi connectivity index (χ1n) is 6.04. The molecule has 1 aliphatic rings. The van der Waals surface area contributed by atoms with E-state index in [4.69, 9.17) is 15.7 Å². The minimum absolute atomic E-state index is 0.0412. The van der Waals surface area contributed by atoms with Crippen molar-refractivity contribution in [1.29, 1.82) is 5.26 Å². The summed E-state index contributed by atoms with van der Waals surface area (Å²) in [7, 11) is 1.60. The van der Waals surface area contributed by atoms with Gasteiger partial charge in [-0.1, -0.05) is 0 Å². The average molecular weight is 239 g/mol. The maximum atomic E-state index is 12.0. The van der Waals surface area contributed by atoms with Crippen LogP contribution in [0.5, 0.6) is 0 Å². The highest BCUT2D eigenvalue weighted by Gasteiger charge is 2.35. The molecule has 96 valence electrons. The van der Waals surface area contributed by atoms with E-state index in [1.807, 2.05) is 0 Å². The van der Waals surface area contributed by atoms with Gasteiger partial charge in [0.05, 0.1) is 19.1 Å². The predicted octanol–water partition coefficient (Wildman–Crippen LogP) is 0.647. The fraction of sp³-hybridized carbons (Fsp3) is 0.833. The molecule has 1 amide bonds. The van der Waals surface area contributed by atoms with Crippen molar-refractivity contribution in [3.63, 3.8) is 0 Å². The highest BCUT2D eigenvalue weighted by atomic mass is 16.5. The van der Waals surface area contributed by atoms with Crippen LogP contribution in [0, 0.1) is 11.3 Å². The number of methoxy groups -OCH3 is 1.